The summed E-state index contributed by atoms with van der Waals surface area (Å²) in [5.74, 6) is -1.51. The van der Waals surface area contributed by atoms with E-state index in [1.807, 2.05) is 5.38 Å². The van der Waals surface area contributed by atoms with E-state index < -0.39 is 24.5 Å². The van der Waals surface area contributed by atoms with Gasteiger partial charge in [0, 0.05) is 18.2 Å². The van der Waals surface area contributed by atoms with Gasteiger partial charge in [-0.3, -0.25) is 14.4 Å². The van der Waals surface area contributed by atoms with Crippen LogP contribution in [0.3, 0.4) is 0 Å². The summed E-state index contributed by atoms with van der Waals surface area (Å²) in [5.41, 5.74) is 1.88. The maximum absolute atomic E-state index is 12.9. The second-order valence-corrected chi connectivity index (χ2v) is 8.41. The standard InChI is InChI=1S/C24H21N3O5S/c1-15-13-21(28)26-18-5-2-3-6-19(18)27(15)22(29)14-32-24(31)16-8-10-17(11-9-16)25-23(30)20-7-4-12-33-20/h2-12,15H,13-14H2,1H3,(H,25,30)(H,26,28). The summed E-state index contributed by atoms with van der Waals surface area (Å²) < 4.78 is 5.23. The van der Waals surface area contributed by atoms with Crippen LogP contribution in [-0.4, -0.2) is 36.3 Å². The Morgan fingerprint density at radius 3 is 2.58 bits per heavy atom. The lowest BCUT2D eigenvalue weighted by Crippen LogP contribution is -2.41. The van der Waals surface area contributed by atoms with Crippen LogP contribution in [0.5, 0.6) is 0 Å². The molecule has 2 aromatic carbocycles. The normalized spacial score (nSPS) is 15.1. The largest absolute Gasteiger partial charge is 0.452 e. The second-order valence-electron chi connectivity index (χ2n) is 7.47. The predicted molar refractivity (Wildman–Crippen MR) is 126 cm³/mol. The molecule has 0 saturated heterocycles. The molecule has 2 N–H and O–H groups in total. The van der Waals surface area contributed by atoms with Gasteiger partial charge in [-0.25, -0.2) is 4.79 Å². The van der Waals surface area contributed by atoms with Gasteiger partial charge in [-0.2, -0.15) is 0 Å². The molecular formula is C24H21N3O5S. The van der Waals surface area contributed by atoms with Gasteiger partial charge in [0.25, 0.3) is 11.8 Å². The number of fused-ring (bicyclic) bond motifs is 1. The third-order valence-corrected chi connectivity index (χ3v) is 5.95. The Morgan fingerprint density at radius 1 is 1.09 bits per heavy atom. The van der Waals surface area contributed by atoms with E-state index in [-0.39, 0.29) is 23.8 Å². The number of esters is 1. The summed E-state index contributed by atoms with van der Waals surface area (Å²) in [6.07, 6.45) is 0.132. The first-order chi connectivity index (χ1) is 15.9. The molecule has 0 fully saturated rings. The highest BCUT2D eigenvalue weighted by atomic mass is 32.1. The van der Waals surface area contributed by atoms with E-state index in [4.69, 9.17) is 4.74 Å². The molecule has 1 aliphatic heterocycles. The van der Waals surface area contributed by atoms with Gasteiger partial charge in [-0.05, 0) is 54.8 Å². The summed E-state index contributed by atoms with van der Waals surface area (Å²) in [6, 6.07) is 16.3. The van der Waals surface area contributed by atoms with Crippen molar-refractivity contribution in [2.45, 2.75) is 19.4 Å². The summed E-state index contributed by atoms with van der Waals surface area (Å²) >= 11 is 1.33. The SMILES string of the molecule is CC1CC(=O)Nc2ccccc2N1C(=O)COC(=O)c1ccc(NC(=O)c2cccs2)cc1. The van der Waals surface area contributed by atoms with Crippen LogP contribution in [0.2, 0.25) is 0 Å². The maximum Gasteiger partial charge on any atom is 0.338 e. The van der Waals surface area contributed by atoms with Crippen LogP contribution >= 0.6 is 11.3 Å². The molecule has 0 saturated carbocycles. The Labute approximate surface area is 194 Å². The summed E-state index contributed by atoms with van der Waals surface area (Å²) in [7, 11) is 0. The number of ether oxygens (including phenoxy) is 1. The van der Waals surface area contributed by atoms with E-state index in [0.717, 1.165) is 0 Å². The lowest BCUT2D eigenvalue weighted by Gasteiger charge is -2.27. The van der Waals surface area contributed by atoms with Crippen LogP contribution in [0.25, 0.3) is 0 Å². The molecule has 0 radical (unpaired) electrons. The number of benzene rings is 2. The number of hydrogen-bond donors (Lipinski definition) is 2. The summed E-state index contributed by atoms with van der Waals surface area (Å²) in [4.78, 5) is 51.6. The molecule has 1 aliphatic rings. The van der Waals surface area contributed by atoms with Crippen molar-refractivity contribution in [3.05, 3.63) is 76.5 Å². The van der Waals surface area contributed by atoms with Crippen LogP contribution in [0.1, 0.15) is 33.4 Å². The third-order valence-electron chi connectivity index (χ3n) is 5.08. The lowest BCUT2D eigenvalue weighted by atomic mass is 10.1. The average Bonchev–Trinajstić information content (AvgIpc) is 3.30. The van der Waals surface area contributed by atoms with E-state index >= 15 is 0 Å². The maximum atomic E-state index is 12.9. The van der Waals surface area contributed by atoms with Crippen molar-refractivity contribution in [2.75, 3.05) is 22.1 Å². The van der Waals surface area contributed by atoms with Crippen molar-refractivity contribution in [3.63, 3.8) is 0 Å². The first-order valence-electron chi connectivity index (χ1n) is 10.3. The fourth-order valence-corrected chi connectivity index (χ4v) is 4.16. The number of amides is 3. The molecule has 3 aromatic rings. The van der Waals surface area contributed by atoms with Gasteiger partial charge in [0.15, 0.2) is 6.61 Å². The smallest absolute Gasteiger partial charge is 0.338 e. The summed E-state index contributed by atoms with van der Waals surface area (Å²) in [5, 5.41) is 7.35. The van der Waals surface area contributed by atoms with Crippen molar-refractivity contribution < 1.29 is 23.9 Å². The number of carbonyl (C=O) groups excluding carboxylic acids is 4. The highest BCUT2D eigenvalue weighted by molar-refractivity contribution is 7.12. The van der Waals surface area contributed by atoms with E-state index in [2.05, 4.69) is 10.6 Å². The van der Waals surface area contributed by atoms with Crippen molar-refractivity contribution >= 4 is 52.1 Å². The number of carbonyl (C=O) groups is 4. The van der Waals surface area contributed by atoms with Crippen LogP contribution < -0.4 is 15.5 Å². The first-order valence-corrected chi connectivity index (χ1v) is 11.1. The lowest BCUT2D eigenvalue weighted by molar-refractivity contribution is -0.122. The van der Waals surface area contributed by atoms with Gasteiger partial charge in [-0.15, -0.1) is 11.3 Å². The van der Waals surface area contributed by atoms with Crippen LogP contribution in [0, 0.1) is 0 Å². The molecule has 1 atom stereocenters. The Morgan fingerprint density at radius 2 is 1.85 bits per heavy atom. The molecule has 33 heavy (non-hydrogen) atoms. The number of nitrogens with zero attached hydrogens (tertiary/aromatic N) is 1. The Kier molecular flexibility index (Phi) is 6.50. The number of para-hydroxylation sites is 2. The predicted octanol–water partition coefficient (Wildman–Crippen LogP) is 3.92. The Hall–Kier alpha value is -3.98. The fourth-order valence-electron chi connectivity index (χ4n) is 3.54. The quantitative estimate of drug-likeness (QED) is 0.558. The zero-order valence-electron chi connectivity index (χ0n) is 17.7. The monoisotopic (exact) mass is 463 g/mol. The molecule has 1 unspecified atom stereocenters. The fraction of sp³-hybridized carbons (Fsp3) is 0.167. The van der Waals surface area contributed by atoms with Gasteiger partial charge in [0.05, 0.1) is 21.8 Å². The van der Waals surface area contributed by atoms with E-state index in [1.54, 1.807) is 55.5 Å². The van der Waals surface area contributed by atoms with Gasteiger partial charge in [0.1, 0.15) is 0 Å². The van der Waals surface area contributed by atoms with Crippen molar-refractivity contribution in [1.29, 1.82) is 0 Å². The molecule has 0 bridgehead atoms. The number of nitrogens with one attached hydrogen (secondary N) is 2. The van der Waals surface area contributed by atoms with Crippen molar-refractivity contribution in [1.82, 2.24) is 0 Å². The van der Waals surface area contributed by atoms with E-state index in [0.29, 0.717) is 21.9 Å². The molecule has 0 aliphatic carbocycles. The molecule has 3 amide bonds. The van der Waals surface area contributed by atoms with E-state index in [1.165, 1.54) is 28.4 Å². The number of anilines is 3. The molecule has 4 rings (SSSR count). The highest BCUT2D eigenvalue weighted by Crippen LogP contribution is 2.31. The molecule has 1 aromatic heterocycles. The zero-order valence-corrected chi connectivity index (χ0v) is 18.6. The number of rotatable bonds is 5. The first kappa shape index (κ1) is 22.2. The molecule has 0 spiro atoms. The minimum atomic E-state index is -0.663. The molecule has 8 nitrogen and oxygen atoms in total. The molecule has 9 heteroatoms. The van der Waals surface area contributed by atoms with Crippen LogP contribution in [0.4, 0.5) is 17.1 Å². The Balaban J connectivity index is 1.39. The van der Waals surface area contributed by atoms with Gasteiger partial charge < -0.3 is 20.3 Å². The second kappa shape index (κ2) is 9.66. The highest BCUT2D eigenvalue weighted by Gasteiger charge is 2.30. The number of hydrogen-bond acceptors (Lipinski definition) is 6. The van der Waals surface area contributed by atoms with E-state index in [9.17, 15) is 19.2 Å². The molecule has 2 heterocycles. The van der Waals surface area contributed by atoms with Gasteiger partial charge in [0.2, 0.25) is 5.91 Å². The van der Waals surface area contributed by atoms with Crippen molar-refractivity contribution in [3.8, 4) is 0 Å². The molecule has 168 valence electrons. The van der Waals surface area contributed by atoms with Gasteiger partial charge >= 0.3 is 5.97 Å². The minimum Gasteiger partial charge on any atom is -0.452 e. The van der Waals surface area contributed by atoms with Crippen molar-refractivity contribution in [2.24, 2.45) is 0 Å². The number of thiophene rings is 1. The third kappa shape index (κ3) is 5.09. The topological polar surface area (TPSA) is 105 Å². The van der Waals surface area contributed by atoms with Gasteiger partial charge in [-0.1, -0.05) is 18.2 Å². The average molecular weight is 464 g/mol. The molecular weight excluding hydrogens is 442 g/mol. The zero-order chi connectivity index (χ0) is 23.4. The Bertz CT molecular complexity index is 1190. The van der Waals surface area contributed by atoms with Crippen LogP contribution in [0.15, 0.2) is 66.0 Å². The van der Waals surface area contributed by atoms with Crippen LogP contribution in [-0.2, 0) is 14.3 Å². The summed E-state index contributed by atoms with van der Waals surface area (Å²) in [6.45, 7) is 1.30. The minimum absolute atomic E-state index is 0.132.